The first-order valence-electron chi connectivity index (χ1n) is 25.4. The Hall–Kier alpha value is -1.40. The fourth-order valence-corrected chi connectivity index (χ4v) is 7.96. The Labute approximate surface area is 355 Å². The zero-order valence-electron chi connectivity index (χ0n) is 38.5. The number of nitrogens with one attached hydrogen (secondary N) is 1. The average molecular weight is 806 g/mol. The molecule has 0 aliphatic rings. The van der Waals surface area contributed by atoms with Crippen LogP contribution in [-0.2, 0) is 14.3 Å². The normalized spacial score (nSPS) is 13.3. The van der Waals surface area contributed by atoms with Crippen LogP contribution >= 0.6 is 0 Å². The molecule has 3 atom stereocenters. The van der Waals surface area contributed by atoms with Gasteiger partial charge in [0.15, 0.2) is 0 Å². The number of carbonyl (C=O) groups is 2. The summed E-state index contributed by atoms with van der Waals surface area (Å²) < 4.78 is 5.93. The van der Waals surface area contributed by atoms with Gasteiger partial charge in [-0.3, -0.25) is 9.59 Å². The van der Waals surface area contributed by atoms with E-state index in [1.54, 1.807) is 0 Å². The van der Waals surface area contributed by atoms with Crippen molar-refractivity contribution < 1.29 is 24.5 Å². The Morgan fingerprint density at radius 3 is 1.26 bits per heavy atom. The molecule has 0 fully saturated rings. The van der Waals surface area contributed by atoms with Gasteiger partial charge < -0.3 is 20.3 Å². The number of aliphatic hydroxyl groups excluding tert-OH is 2. The number of hydrogen-bond acceptors (Lipinski definition) is 5. The molecule has 6 nitrogen and oxygen atoms in total. The second-order valence-electron chi connectivity index (χ2n) is 17.6. The first kappa shape index (κ1) is 55.6. The minimum absolute atomic E-state index is 0.0785. The molecule has 0 aromatic carbocycles. The number of amides is 1. The standard InChI is InChI=1S/C51H99NO5/c1-4-7-10-13-16-19-22-24-25-27-29-32-35-38-41-44-51(56)57-47(42-39-36-33-30-28-26-23-20-17-14-11-8-5-2)45-50(55)52-48(46-53)49(54)43-40-37-34-31-21-18-15-12-9-6-3/h20,23,47-49,53-54H,4-19,21-22,24-46H2,1-3H3,(H,52,55)/b23-20-. The molecular formula is C51H99NO5. The first-order valence-corrected chi connectivity index (χ1v) is 25.4. The van der Waals surface area contributed by atoms with Gasteiger partial charge in [-0.1, -0.05) is 226 Å². The van der Waals surface area contributed by atoms with Crippen molar-refractivity contribution in [2.24, 2.45) is 0 Å². The Balaban J connectivity index is 4.54. The van der Waals surface area contributed by atoms with Crippen LogP contribution in [0.25, 0.3) is 0 Å². The lowest BCUT2D eigenvalue weighted by Crippen LogP contribution is -2.46. The monoisotopic (exact) mass is 806 g/mol. The van der Waals surface area contributed by atoms with Gasteiger partial charge in [-0.25, -0.2) is 0 Å². The molecule has 0 aliphatic carbocycles. The van der Waals surface area contributed by atoms with Gasteiger partial charge in [0, 0.05) is 6.42 Å². The van der Waals surface area contributed by atoms with Crippen LogP contribution in [-0.4, -0.2) is 46.9 Å². The van der Waals surface area contributed by atoms with Gasteiger partial charge in [0.1, 0.15) is 6.10 Å². The quantitative estimate of drug-likeness (QED) is 0.0323. The summed E-state index contributed by atoms with van der Waals surface area (Å²) >= 11 is 0. The molecular weight excluding hydrogens is 707 g/mol. The van der Waals surface area contributed by atoms with Crippen molar-refractivity contribution in [1.29, 1.82) is 0 Å². The van der Waals surface area contributed by atoms with Gasteiger partial charge in [0.2, 0.25) is 5.91 Å². The van der Waals surface area contributed by atoms with Gasteiger partial charge in [0.05, 0.1) is 25.2 Å². The topological polar surface area (TPSA) is 95.9 Å². The Bertz CT molecular complexity index is 863. The van der Waals surface area contributed by atoms with Crippen molar-refractivity contribution in [2.75, 3.05) is 6.61 Å². The molecule has 0 saturated carbocycles. The largest absolute Gasteiger partial charge is 0.462 e. The average Bonchev–Trinajstić information content (AvgIpc) is 3.20. The van der Waals surface area contributed by atoms with Crippen LogP contribution in [0.2, 0.25) is 0 Å². The van der Waals surface area contributed by atoms with Crippen LogP contribution in [0.5, 0.6) is 0 Å². The molecule has 0 spiro atoms. The SMILES string of the molecule is CCCCCC/C=C\CCCCCCCC(CC(=O)NC(CO)C(O)CCCCCCCCCCCC)OC(=O)CCCCCCCCCCCCCCCCC. The molecule has 338 valence electrons. The highest BCUT2D eigenvalue weighted by atomic mass is 16.5. The Morgan fingerprint density at radius 1 is 0.491 bits per heavy atom. The number of unbranched alkanes of at least 4 members (excludes halogenated alkanes) is 32. The van der Waals surface area contributed by atoms with E-state index in [2.05, 4.69) is 38.2 Å². The molecule has 0 saturated heterocycles. The number of hydrogen-bond donors (Lipinski definition) is 3. The zero-order valence-corrected chi connectivity index (χ0v) is 38.5. The molecule has 3 N–H and O–H groups in total. The third-order valence-corrected chi connectivity index (χ3v) is 11.8. The fourth-order valence-electron chi connectivity index (χ4n) is 7.96. The molecule has 0 aliphatic heterocycles. The summed E-state index contributed by atoms with van der Waals surface area (Å²) in [4.78, 5) is 26.1. The summed E-state index contributed by atoms with van der Waals surface area (Å²) in [5.74, 6) is -0.467. The summed E-state index contributed by atoms with van der Waals surface area (Å²) in [5, 5.41) is 23.7. The van der Waals surface area contributed by atoms with Crippen molar-refractivity contribution in [3.63, 3.8) is 0 Å². The zero-order chi connectivity index (χ0) is 41.7. The summed E-state index contributed by atoms with van der Waals surface area (Å²) in [7, 11) is 0. The summed E-state index contributed by atoms with van der Waals surface area (Å²) in [6.45, 7) is 6.47. The van der Waals surface area contributed by atoms with Crippen molar-refractivity contribution >= 4 is 11.9 Å². The molecule has 0 bridgehead atoms. The molecule has 57 heavy (non-hydrogen) atoms. The predicted molar refractivity (Wildman–Crippen MR) is 246 cm³/mol. The lowest BCUT2D eigenvalue weighted by atomic mass is 10.0. The molecule has 0 radical (unpaired) electrons. The maximum Gasteiger partial charge on any atom is 0.306 e. The van der Waals surface area contributed by atoms with Crippen molar-refractivity contribution in [2.45, 2.75) is 296 Å². The molecule has 1 amide bonds. The van der Waals surface area contributed by atoms with E-state index in [1.165, 1.54) is 173 Å². The second kappa shape index (κ2) is 45.7. The molecule has 0 heterocycles. The maximum absolute atomic E-state index is 13.2. The van der Waals surface area contributed by atoms with E-state index in [9.17, 15) is 19.8 Å². The molecule has 0 rings (SSSR count). The Kier molecular flexibility index (Phi) is 44.6. The molecule has 3 unspecified atom stereocenters. The first-order chi connectivity index (χ1) is 28.0. The minimum Gasteiger partial charge on any atom is -0.462 e. The predicted octanol–water partition coefficient (Wildman–Crippen LogP) is 15.0. The Morgan fingerprint density at radius 2 is 0.842 bits per heavy atom. The summed E-state index contributed by atoms with van der Waals surface area (Å²) in [5.41, 5.74) is 0. The maximum atomic E-state index is 13.2. The van der Waals surface area contributed by atoms with Crippen LogP contribution in [0.4, 0.5) is 0 Å². The van der Waals surface area contributed by atoms with E-state index in [1.807, 2.05) is 0 Å². The van der Waals surface area contributed by atoms with Gasteiger partial charge in [-0.05, 0) is 51.4 Å². The lowest BCUT2D eigenvalue weighted by molar-refractivity contribution is -0.151. The van der Waals surface area contributed by atoms with Crippen molar-refractivity contribution in [3.8, 4) is 0 Å². The van der Waals surface area contributed by atoms with E-state index < -0.39 is 18.2 Å². The molecule has 6 heteroatoms. The van der Waals surface area contributed by atoms with Crippen LogP contribution < -0.4 is 5.32 Å². The summed E-state index contributed by atoms with van der Waals surface area (Å²) in [6.07, 6.45) is 49.8. The van der Waals surface area contributed by atoms with E-state index in [4.69, 9.17) is 4.74 Å². The highest BCUT2D eigenvalue weighted by molar-refractivity contribution is 5.77. The number of esters is 1. The minimum atomic E-state index is -0.782. The highest BCUT2D eigenvalue weighted by Gasteiger charge is 2.24. The van der Waals surface area contributed by atoms with Crippen LogP contribution in [0.15, 0.2) is 12.2 Å². The van der Waals surface area contributed by atoms with E-state index >= 15 is 0 Å². The second-order valence-corrected chi connectivity index (χ2v) is 17.6. The third-order valence-electron chi connectivity index (χ3n) is 11.8. The van der Waals surface area contributed by atoms with Gasteiger partial charge in [-0.15, -0.1) is 0 Å². The third kappa shape index (κ3) is 41.1. The van der Waals surface area contributed by atoms with Crippen molar-refractivity contribution in [3.05, 3.63) is 12.2 Å². The van der Waals surface area contributed by atoms with E-state index in [0.717, 1.165) is 57.8 Å². The number of allylic oxidation sites excluding steroid dienone is 2. The molecule has 0 aromatic heterocycles. The van der Waals surface area contributed by atoms with Gasteiger partial charge in [0.25, 0.3) is 0 Å². The van der Waals surface area contributed by atoms with Crippen LogP contribution in [0.1, 0.15) is 278 Å². The van der Waals surface area contributed by atoms with Crippen LogP contribution in [0, 0.1) is 0 Å². The van der Waals surface area contributed by atoms with Gasteiger partial charge in [-0.2, -0.15) is 0 Å². The van der Waals surface area contributed by atoms with Gasteiger partial charge >= 0.3 is 5.97 Å². The van der Waals surface area contributed by atoms with E-state index in [0.29, 0.717) is 19.3 Å². The summed E-state index contributed by atoms with van der Waals surface area (Å²) in [6, 6.07) is -0.696. The van der Waals surface area contributed by atoms with E-state index in [-0.39, 0.29) is 24.9 Å². The highest BCUT2D eigenvalue weighted by Crippen LogP contribution is 2.18. The smallest absolute Gasteiger partial charge is 0.306 e. The molecule has 0 aromatic rings. The fraction of sp³-hybridized carbons (Fsp3) is 0.922. The van der Waals surface area contributed by atoms with Crippen molar-refractivity contribution in [1.82, 2.24) is 5.32 Å². The number of ether oxygens (including phenoxy) is 1. The number of aliphatic hydroxyl groups is 2. The lowest BCUT2D eigenvalue weighted by Gasteiger charge is -2.24. The van der Waals surface area contributed by atoms with Crippen LogP contribution in [0.3, 0.4) is 0 Å². The number of carbonyl (C=O) groups excluding carboxylic acids is 2. The number of rotatable bonds is 46.